The Kier molecular flexibility index (Phi) is 5.72. The van der Waals surface area contributed by atoms with Crippen LogP contribution >= 0.6 is 0 Å². The molecule has 1 saturated heterocycles. The van der Waals surface area contributed by atoms with E-state index in [1.54, 1.807) is 0 Å². The zero-order valence-corrected chi connectivity index (χ0v) is 15.0. The van der Waals surface area contributed by atoms with E-state index in [-0.39, 0.29) is 18.4 Å². The molecular weight excluding hydrogens is 400 g/mol. The maximum absolute atomic E-state index is 12.6. The SMILES string of the molecule is O=C(Cc1ccc(C(F)(F)F)cc1)N[C@@H]1CCN(c2ccc(C(F)(F)F)nc2)C1. The van der Waals surface area contributed by atoms with Gasteiger partial charge in [-0.2, -0.15) is 26.3 Å². The fraction of sp³-hybridized carbons (Fsp3) is 0.368. The minimum absolute atomic E-state index is 0.0591. The molecule has 4 nitrogen and oxygen atoms in total. The summed E-state index contributed by atoms with van der Waals surface area (Å²) >= 11 is 0. The molecule has 1 N–H and O–H groups in total. The van der Waals surface area contributed by atoms with Gasteiger partial charge in [-0.05, 0) is 36.2 Å². The standard InChI is InChI=1S/C19H17F6N3O/c20-18(21,22)13-3-1-12(2-4-13)9-17(29)27-14-7-8-28(11-14)15-5-6-16(26-10-15)19(23,24)25/h1-6,10,14H,7-9,11H2,(H,27,29)/t14-/m1/s1. The zero-order valence-electron chi connectivity index (χ0n) is 15.0. The van der Waals surface area contributed by atoms with Crippen LogP contribution in [-0.2, 0) is 23.6 Å². The number of aromatic nitrogens is 1. The number of alkyl halides is 6. The first kappa shape index (κ1) is 20.9. The molecule has 29 heavy (non-hydrogen) atoms. The predicted molar refractivity (Wildman–Crippen MR) is 93.1 cm³/mol. The lowest BCUT2D eigenvalue weighted by Crippen LogP contribution is -2.38. The Morgan fingerprint density at radius 2 is 1.72 bits per heavy atom. The number of pyridine rings is 1. The van der Waals surface area contributed by atoms with Gasteiger partial charge in [0.15, 0.2) is 0 Å². The Morgan fingerprint density at radius 1 is 1.03 bits per heavy atom. The number of hydrogen-bond donors (Lipinski definition) is 1. The summed E-state index contributed by atoms with van der Waals surface area (Å²) in [6, 6.07) is 6.41. The van der Waals surface area contributed by atoms with Gasteiger partial charge in [-0.1, -0.05) is 12.1 Å². The van der Waals surface area contributed by atoms with Crippen LogP contribution in [0.25, 0.3) is 0 Å². The maximum Gasteiger partial charge on any atom is 0.433 e. The largest absolute Gasteiger partial charge is 0.433 e. The van der Waals surface area contributed by atoms with Crippen LogP contribution in [0.1, 0.15) is 23.2 Å². The quantitative estimate of drug-likeness (QED) is 0.764. The van der Waals surface area contributed by atoms with Gasteiger partial charge in [0.1, 0.15) is 5.69 Å². The summed E-state index contributed by atoms with van der Waals surface area (Å²) in [4.78, 5) is 17.4. The molecule has 1 aromatic carbocycles. The Labute approximate surface area is 162 Å². The number of halogens is 6. The summed E-state index contributed by atoms with van der Waals surface area (Å²) in [5, 5.41) is 2.80. The highest BCUT2D eigenvalue weighted by atomic mass is 19.4. The highest BCUT2D eigenvalue weighted by Gasteiger charge is 2.33. The van der Waals surface area contributed by atoms with Crippen LogP contribution in [0.2, 0.25) is 0 Å². The molecule has 1 aromatic heterocycles. The minimum atomic E-state index is -4.50. The second-order valence-electron chi connectivity index (χ2n) is 6.77. The van der Waals surface area contributed by atoms with Crippen molar-refractivity contribution in [2.45, 2.75) is 31.2 Å². The third-order valence-electron chi connectivity index (χ3n) is 4.60. The fourth-order valence-electron chi connectivity index (χ4n) is 3.13. The third-order valence-corrected chi connectivity index (χ3v) is 4.60. The Hall–Kier alpha value is -2.78. The van der Waals surface area contributed by atoms with Crippen LogP contribution < -0.4 is 10.2 Å². The number of benzene rings is 1. The molecule has 1 aliphatic rings. The number of anilines is 1. The molecule has 2 aromatic rings. The van der Waals surface area contributed by atoms with Crippen molar-refractivity contribution in [3.05, 3.63) is 59.4 Å². The molecule has 1 amide bonds. The van der Waals surface area contributed by atoms with Crippen molar-refractivity contribution in [1.82, 2.24) is 10.3 Å². The number of nitrogens with zero attached hydrogens (tertiary/aromatic N) is 2. The predicted octanol–water partition coefficient (Wildman–Crippen LogP) is 4.06. The van der Waals surface area contributed by atoms with Crippen molar-refractivity contribution in [3.63, 3.8) is 0 Å². The van der Waals surface area contributed by atoms with Crippen LogP contribution in [0, 0.1) is 0 Å². The van der Waals surface area contributed by atoms with Gasteiger partial charge < -0.3 is 10.2 Å². The maximum atomic E-state index is 12.6. The molecule has 0 saturated carbocycles. The summed E-state index contributed by atoms with van der Waals surface area (Å²) in [5.74, 6) is -0.331. The second-order valence-corrected chi connectivity index (χ2v) is 6.77. The monoisotopic (exact) mass is 417 g/mol. The minimum Gasteiger partial charge on any atom is -0.368 e. The lowest BCUT2D eigenvalue weighted by atomic mass is 10.1. The topological polar surface area (TPSA) is 45.2 Å². The Balaban J connectivity index is 1.52. The van der Waals surface area contributed by atoms with Gasteiger partial charge in [0.2, 0.25) is 5.91 Å². The first-order chi connectivity index (χ1) is 13.5. The van der Waals surface area contributed by atoms with E-state index in [9.17, 15) is 31.1 Å². The summed E-state index contributed by atoms with van der Waals surface area (Å²) in [5.41, 5.74) is -0.769. The normalized spacial score (nSPS) is 17.4. The zero-order chi connectivity index (χ0) is 21.2. The Bertz CT molecular complexity index is 846. The van der Waals surface area contributed by atoms with E-state index in [1.807, 2.05) is 4.90 Å². The van der Waals surface area contributed by atoms with E-state index in [2.05, 4.69) is 10.3 Å². The molecule has 0 radical (unpaired) electrons. The van der Waals surface area contributed by atoms with Gasteiger partial charge in [0.25, 0.3) is 0 Å². The van der Waals surface area contributed by atoms with Crippen LogP contribution in [0.5, 0.6) is 0 Å². The number of rotatable bonds is 4. The van der Waals surface area contributed by atoms with Crippen molar-refractivity contribution in [2.75, 3.05) is 18.0 Å². The van der Waals surface area contributed by atoms with Gasteiger partial charge in [0, 0.05) is 19.1 Å². The molecule has 2 heterocycles. The van der Waals surface area contributed by atoms with E-state index in [4.69, 9.17) is 0 Å². The average molecular weight is 417 g/mol. The molecule has 1 aliphatic heterocycles. The highest BCUT2D eigenvalue weighted by Crippen LogP contribution is 2.30. The molecule has 0 bridgehead atoms. The van der Waals surface area contributed by atoms with Crippen molar-refractivity contribution < 1.29 is 31.1 Å². The summed E-state index contributed by atoms with van der Waals surface area (Å²) < 4.78 is 75.4. The smallest absolute Gasteiger partial charge is 0.368 e. The van der Waals surface area contributed by atoms with Crippen molar-refractivity contribution in [2.24, 2.45) is 0 Å². The average Bonchev–Trinajstić information content (AvgIpc) is 3.09. The van der Waals surface area contributed by atoms with Crippen LogP contribution in [0.4, 0.5) is 32.0 Å². The van der Waals surface area contributed by atoms with Crippen LogP contribution in [0.3, 0.4) is 0 Å². The summed E-state index contributed by atoms with van der Waals surface area (Å²) in [7, 11) is 0. The van der Waals surface area contributed by atoms with Gasteiger partial charge in [-0.25, -0.2) is 4.98 Å². The number of amides is 1. The molecule has 1 fully saturated rings. The highest BCUT2D eigenvalue weighted by molar-refractivity contribution is 5.79. The van der Waals surface area contributed by atoms with E-state index < -0.39 is 23.6 Å². The van der Waals surface area contributed by atoms with E-state index in [0.717, 1.165) is 24.4 Å². The first-order valence-corrected chi connectivity index (χ1v) is 8.76. The lowest BCUT2D eigenvalue weighted by Gasteiger charge is -2.19. The number of hydrogen-bond acceptors (Lipinski definition) is 3. The van der Waals surface area contributed by atoms with Crippen molar-refractivity contribution >= 4 is 11.6 Å². The van der Waals surface area contributed by atoms with Crippen molar-refractivity contribution in [1.29, 1.82) is 0 Å². The first-order valence-electron chi connectivity index (χ1n) is 8.76. The van der Waals surface area contributed by atoms with E-state index in [1.165, 1.54) is 18.2 Å². The van der Waals surface area contributed by atoms with E-state index >= 15 is 0 Å². The van der Waals surface area contributed by atoms with Gasteiger partial charge in [-0.3, -0.25) is 4.79 Å². The summed E-state index contributed by atoms with van der Waals surface area (Å²) in [6.45, 7) is 0.948. The van der Waals surface area contributed by atoms with Crippen LogP contribution in [0.15, 0.2) is 42.6 Å². The number of nitrogens with one attached hydrogen (secondary N) is 1. The molecule has 0 spiro atoms. The Morgan fingerprint density at radius 3 is 2.28 bits per heavy atom. The molecule has 10 heteroatoms. The van der Waals surface area contributed by atoms with Crippen molar-refractivity contribution in [3.8, 4) is 0 Å². The molecule has 156 valence electrons. The second kappa shape index (κ2) is 7.92. The lowest BCUT2D eigenvalue weighted by molar-refractivity contribution is -0.141. The molecule has 1 atom stereocenters. The molecular formula is C19H17F6N3O. The molecule has 3 rings (SSSR count). The van der Waals surface area contributed by atoms with E-state index in [0.29, 0.717) is 30.8 Å². The van der Waals surface area contributed by atoms with Gasteiger partial charge >= 0.3 is 12.4 Å². The molecule has 0 unspecified atom stereocenters. The summed E-state index contributed by atoms with van der Waals surface area (Å²) in [6.07, 6.45) is -7.24. The van der Waals surface area contributed by atoms with Crippen LogP contribution in [-0.4, -0.2) is 30.0 Å². The number of carbonyl (C=O) groups is 1. The van der Waals surface area contributed by atoms with Gasteiger partial charge in [-0.15, -0.1) is 0 Å². The number of carbonyl (C=O) groups excluding carboxylic acids is 1. The molecule has 0 aliphatic carbocycles. The third kappa shape index (κ3) is 5.39. The fourth-order valence-corrected chi connectivity index (χ4v) is 3.13. The van der Waals surface area contributed by atoms with Gasteiger partial charge in [0.05, 0.1) is 23.9 Å².